The second kappa shape index (κ2) is 8.18. The van der Waals surface area contributed by atoms with Gasteiger partial charge in [-0.05, 0) is 50.3 Å². The van der Waals surface area contributed by atoms with Crippen molar-refractivity contribution in [1.29, 1.82) is 0 Å². The van der Waals surface area contributed by atoms with Crippen molar-refractivity contribution in [2.24, 2.45) is 0 Å². The molecule has 1 heterocycles. The molecule has 3 rings (SSSR count). The van der Waals surface area contributed by atoms with Crippen molar-refractivity contribution < 1.29 is 4.74 Å². The van der Waals surface area contributed by atoms with Crippen LogP contribution < -0.4 is 15.4 Å². The molecule has 0 fully saturated rings. The maximum absolute atomic E-state index is 6.16. The number of hydrogen-bond donors (Lipinski definition) is 2. The molecule has 0 saturated heterocycles. The van der Waals surface area contributed by atoms with Crippen LogP contribution in [0.1, 0.15) is 17.2 Å². The van der Waals surface area contributed by atoms with E-state index in [0.29, 0.717) is 0 Å². The van der Waals surface area contributed by atoms with E-state index < -0.39 is 0 Å². The predicted molar refractivity (Wildman–Crippen MR) is 99.9 cm³/mol. The Morgan fingerprint density at radius 3 is 2.75 bits per heavy atom. The zero-order valence-corrected chi connectivity index (χ0v) is 14.6. The molecule has 1 unspecified atom stereocenters. The fourth-order valence-electron chi connectivity index (χ4n) is 2.89. The maximum atomic E-state index is 6.16. The van der Waals surface area contributed by atoms with Gasteiger partial charge in [0.25, 0.3) is 0 Å². The molecule has 4 heteroatoms. The third-order valence-electron chi connectivity index (χ3n) is 4.29. The Labute approximate surface area is 144 Å². The van der Waals surface area contributed by atoms with Crippen molar-refractivity contribution in [3.8, 4) is 5.75 Å². The first kappa shape index (κ1) is 16.8. The van der Waals surface area contributed by atoms with Crippen molar-refractivity contribution >= 4 is 5.69 Å². The zero-order valence-electron chi connectivity index (χ0n) is 14.6. The molecule has 1 aliphatic rings. The van der Waals surface area contributed by atoms with E-state index in [0.717, 1.165) is 44.0 Å². The molecule has 1 atom stereocenters. The van der Waals surface area contributed by atoms with Gasteiger partial charge in [0, 0.05) is 13.1 Å². The van der Waals surface area contributed by atoms with E-state index in [-0.39, 0.29) is 6.10 Å². The lowest BCUT2D eigenvalue weighted by molar-refractivity contribution is 0.210. The average Bonchev–Trinajstić information content (AvgIpc) is 2.61. The summed E-state index contributed by atoms with van der Waals surface area (Å²) in [4.78, 5) is 2.19. The summed E-state index contributed by atoms with van der Waals surface area (Å²) >= 11 is 0. The molecular weight excluding hydrogens is 298 g/mol. The summed E-state index contributed by atoms with van der Waals surface area (Å²) in [7, 11) is 4.19. The van der Waals surface area contributed by atoms with Crippen molar-refractivity contribution in [1.82, 2.24) is 10.2 Å². The molecule has 1 aliphatic heterocycles. The van der Waals surface area contributed by atoms with Crippen molar-refractivity contribution in [3.63, 3.8) is 0 Å². The number of hydrogen-bond acceptors (Lipinski definition) is 4. The normalized spacial score (nSPS) is 16.4. The molecular formula is C20H27N3O. The lowest BCUT2D eigenvalue weighted by Crippen LogP contribution is -2.28. The van der Waals surface area contributed by atoms with E-state index in [4.69, 9.17) is 4.74 Å². The van der Waals surface area contributed by atoms with Gasteiger partial charge in [-0.3, -0.25) is 0 Å². The van der Waals surface area contributed by atoms with E-state index in [1.54, 1.807) is 0 Å². The summed E-state index contributed by atoms with van der Waals surface area (Å²) in [5.74, 6) is 0.944. The summed E-state index contributed by atoms with van der Waals surface area (Å²) in [5.41, 5.74) is 3.65. The first-order valence-electron chi connectivity index (χ1n) is 8.66. The molecule has 0 aromatic heterocycles. The van der Waals surface area contributed by atoms with E-state index >= 15 is 0 Å². The van der Waals surface area contributed by atoms with Crippen LogP contribution in [0.4, 0.5) is 5.69 Å². The van der Waals surface area contributed by atoms with Crippen LogP contribution in [0.25, 0.3) is 0 Å². The number of likely N-dealkylation sites (N-methyl/N-ethyl adjacent to an activating group) is 1. The SMILES string of the molecule is CN(C)CCNCCc1ccc2c(c1)NCC(c1ccccc1)O2. The molecule has 0 bridgehead atoms. The van der Waals surface area contributed by atoms with Gasteiger partial charge < -0.3 is 20.3 Å². The van der Waals surface area contributed by atoms with E-state index in [1.807, 2.05) is 6.07 Å². The van der Waals surface area contributed by atoms with Crippen LogP contribution in [0.5, 0.6) is 5.75 Å². The van der Waals surface area contributed by atoms with Crippen LogP contribution >= 0.6 is 0 Å². The molecule has 0 amide bonds. The summed E-state index contributed by atoms with van der Waals surface area (Å²) in [6, 6.07) is 16.8. The van der Waals surface area contributed by atoms with Gasteiger partial charge in [0.15, 0.2) is 0 Å². The van der Waals surface area contributed by atoms with Crippen molar-refractivity contribution in [2.45, 2.75) is 12.5 Å². The lowest BCUT2D eigenvalue weighted by atomic mass is 10.1. The number of ether oxygens (including phenoxy) is 1. The number of fused-ring (bicyclic) bond motifs is 1. The smallest absolute Gasteiger partial charge is 0.143 e. The van der Waals surface area contributed by atoms with Gasteiger partial charge in [-0.25, -0.2) is 0 Å². The molecule has 0 saturated carbocycles. The van der Waals surface area contributed by atoms with Gasteiger partial charge in [-0.2, -0.15) is 0 Å². The highest BCUT2D eigenvalue weighted by atomic mass is 16.5. The minimum absolute atomic E-state index is 0.0808. The lowest BCUT2D eigenvalue weighted by Gasteiger charge is -2.28. The summed E-state index contributed by atoms with van der Waals surface area (Å²) in [6.45, 7) is 3.90. The second-order valence-corrected chi connectivity index (χ2v) is 6.53. The first-order chi connectivity index (χ1) is 11.7. The predicted octanol–water partition coefficient (Wildman–Crippen LogP) is 2.93. The Balaban J connectivity index is 1.54. The number of nitrogens with one attached hydrogen (secondary N) is 2. The van der Waals surface area contributed by atoms with Gasteiger partial charge in [0.1, 0.15) is 11.9 Å². The third-order valence-corrected chi connectivity index (χ3v) is 4.29. The quantitative estimate of drug-likeness (QED) is 0.768. The zero-order chi connectivity index (χ0) is 16.8. The summed E-state index contributed by atoms with van der Waals surface area (Å²) < 4.78 is 6.16. The third kappa shape index (κ3) is 4.49. The van der Waals surface area contributed by atoms with E-state index in [1.165, 1.54) is 11.1 Å². The van der Waals surface area contributed by atoms with Crippen LogP contribution in [0, 0.1) is 0 Å². The first-order valence-corrected chi connectivity index (χ1v) is 8.66. The Morgan fingerprint density at radius 2 is 1.96 bits per heavy atom. The summed E-state index contributed by atoms with van der Waals surface area (Å²) in [6.07, 6.45) is 1.11. The Kier molecular flexibility index (Phi) is 5.72. The van der Waals surface area contributed by atoms with Crippen LogP contribution in [0.15, 0.2) is 48.5 Å². The monoisotopic (exact) mass is 325 g/mol. The highest BCUT2D eigenvalue weighted by molar-refractivity contribution is 5.60. The van der Waals surface area contributed by atoms with Crippen LogP contribution in [-0.4, -0.2) is 45.2 Å². The maximum Gasteiger partial charge on any atom is 0.143 e. The number of nitrogens with zero attached hydrogens (tertiary/aromatic N) is 1. The van der Waals surface area contributed by atoms with Crippen LogP contribution in [-0.2, 0) is 6.42 Å². The van der Waals surface area contributed by atoms with Gasteiger partial charge in [0.05, 0.1) is 12.2 Å². The fraction of sp³-hybridized carbons (Fsp3) is 0.400. The van der Waals surface area contributed by atoms with Crippen LogP contribution in [0.3, 0.4) is 0 Å². The molecule has 0 radical (unpaired) electrons. The standard InChI is InChI=1S/C20H27N3O/c1-23(2)13-12-21-11-10-16-8-9-19-18(14-16)22-15-20(24-19)17-6-4-3-5-7-17/h3-9,14,20-22H,10-13,15H2,1-2H3. The van der Waals surface area contributed by atoms with Gasteiger partial charge >= 0.3 is 0 Å². The molecule has 2 aromatic carbocycles. The van der Waals surface area contributed by atoms with Crippen molar-refractivity contribution in [2.75, 3.05) is 45.6 Å². The Morgan fingerprint density at radius 1 is 1.12 bits per heavy atom. The largest absolute Gasteiger partial charge is 0.482 e. The van der Waals surface area contributed by atoms with Gasteiger partial charge in [-0.1, -0.05) is 36.4 Å². The molecule has 4 nitrogen and oxygen atoms in total. The second-order valence-electron chi connectivity index (χ2n) is 6.53. The van der Waals surface area contributed by atoms with E-state index in [9.17, 15) is 0 Å². The minimum Gasteiger partial charge on any atom is -0.482 e. The van der Waals surface area contributed by atoms with Gasteiger partial charge in [-0.15, -0.1) is 0 Å². The highest BCUT2D eigenvalue weighted by Crippen LogP contribution is 2.34. The number of anilines is 1. The van der Waals surface area contributed by atoms with Crippen LogP contribution in [0.2, 0.25) is 0 Å². The van der Waals surface area contributed by atoms with E-state index in [2.05, 4.69) is 72.1 Å². The fourth-order valence-corrected chi connectivity index (χ4v) is 2.89. The molecule has 24 heavy (non-hydrogen) atoms. The number of benzene rings is 2. The molecule has 0 spiro atoms. The topological polar surface area (TPSA) is 36.5 Å². The summed E-state index contributed by atoms with van der Waals surface area (Å²) in [5, 5.41) is 7.00. The molecule has 128 valence electrons. The van der Waals surface area contributed by atoms with Gasteiger partial charge in [0.2, 0.25) is 0 Å². The molecule has 2 N–H and O–H groups in total. The Hall–Kier alpha value is -2.04. The van der Waals surface area contributed by atoms with Crippen molar-refractivity contribution in [3.05, 3.63) is 59.7 Å². The minimum atomic E-state index is 0.0808. The molecule has 0 aliphatic carbocycles. The highest BCUT2D eigenvalue weighted by Gasteiger charge is 2.20. The number of rotatable bonds is 7. The molecule has 2 aromatic rings. The average molecular weight is 325 g/mol. The Bertz CT molecular complexity index is 643.